The second-order valence-corrected chi connectivity index (χ2v) is 6.04. The maximum Gasteiger partial charge on any atom is 0.337 e. The largest absolute Gasteiger partial charge is 0.493 e. The van der Waals surface area contributed by atoms with Crippen LogP contribution in [-0.2, 0) is 0 Å². The first-order valence-corrected chi connectivity index (χ1v) is 8.19. The predicted molar refractivity (Wildman–Crippen MR) is 101 cm³/mol. The van der Waals surface area contributed by atoms with Gasteiger partial charge in [-0.25, -0.2) is 9.78 Å². The number of pyridine rings is 1. The van der Waals surface area contributed by atoms with Crippen molar-refractivity contribution < 1.29 is 29.0 Å². The second-order valence-electron chi connectivity index (χ2n) is 6.04. The summed E-state index contributed by atoms with van der Waals surface area (Å²) in [7, 11) is 6.05. The van der Waals surface area contributed by atoms with E-state index in [9.17, 15) is 14.4 Å². The number of rotatable bonds is 6. The van der Waals surface area contributed by atoms with E-state index >= 15 is 0 Å². The van der Waals surface area contributed by atoms with Gasteiger partial charge in [0.05, 0.1) is 36.7 Å². The van der Waals surface area contributed by atoms with Gasteiger partial charge in [0.25, 0.3) is 11.8 Å². The predicted octanol–water partition coefficient (Wildman–Crippen LogP) is 2.06. The maximum atomic E-state index is 12.6. The van der Waals surface area contributed by atoms with Crippen LogP contribution in [0.5, 0.6) is 11.5 Å². The van der Waals surface area contributed by atoms with E-state index in [0.29, 0.717) is 11.5 Å². The van der Waals surface area contributed by atoms with Gasteiger partial charge in [-0.2, -0.15) is 0 Å². The summed E-state index contributed by atoms with van der Waals surface area (Å²) in [6, 6.07) is 5.56. The first-order chi connectivity index (χ1) is 13.2. The number of carbonyl (C=O) groups is 3. The van der Waals surface area contributed by atoms with E-state index < -0.39 is 11.9 Å². The van der Waals surface area contributed by atoms with Gasteiger partial charge < -0.3 is 24.8 Å². The van der Waals surface area contributed by atoms with Gasteiger partial charge in [0.1, 0.15) is 5.69 Å². The van der Waals surface area contributed by atoms with Crippen LogP contribution in [0.15, 0.2) is 24.3 Å². The molecule has 2 rings (SSSR count). The van der Waals surface area contributed by atoms with Crippen LogP contribution in [-0.4, -0.2) is 61.1 Å². The van der Waals surface area contributed by atoms with E-state index in [2.05, 4.69) is 10.3 Å². The third-order valence-corrected chi connectivity index (χ3v) is 3.96. The Labute approximate surface area is 161 Å². The Morgan fingerprint density at radius 2 is 1.64 bits per heavy atom. The van der Waals surface area contributed by atoms with Gasteiger partial charge in [0, 0.05) is 20.2 Å². The Morgan fingerprint density at radius 3 is 2.14 bits per heavy atom. The Kier molecular flexibility index (Phi) is 6.19. The molecule has 0 fully saturated rings. The Morgan fingerprint density at radius 1 is 1.04 bits per heavy atom. The molecule has 0 aliphatic carbocycles. The van der Waals surface area contributed by atoms with Gasteiger partial charge in [-0.05, 0) is 25.1 Å². The number of anilines is 1. The second kappa shape index (κ2) is 8.38. The van der Waals surface area contributed by atoms with E-state index in [-0.39, 0.29) is 34.1 Å². The molecule has 0 bridgehead atoms. The molecule has 2 amide bonds. The third-order valence-electron chi connectivity index (χ3n) is 3.96. The molecule has 28 heavy (non-hydrogen) atoms. The van der Waals surface area contributed by atoms with Crippen LogP contribution in [0, 0.1) is 6.92 Å². The highest BCUT2D eigenvalue weighted by Gasteiger charge is 2.21. The summed E-state index contributed by atoms with van der Waals surface area (Å²) >= 11 is 0. The molecule has 148 valence electrons. The van der Waals surface area contributed by atoms with Crippen molar-refractivity contribution in [2.75, 3.05) is 33.6 Å². The average Bonchev–Trinajstić information content (AvgIpc) is 2.66. The Balaban J connectivity index is 2.46. The number of hydrogen-bond acceptors (Lipinski definition) is 6. The molecule has 1 aromatic carbocycles. The molecule has 9 nitrogen and oxygen atoms in total. The standard InChI is InChI=1S/C19H21N3O6/c1-10-11(19(25)26)6-7-13(20-10)17(23)21-14-9-16(28-5)15(27-4)8-12(14)18(24)22(2)3/h6-9H,1-5H3,(H,21,23)(H,25,26). The van der Waals surface area contributed by atoms with Crippen molar-refractivity contribution in [2.45, 2.75) is 6.92 Å². The zero-order chi connectivity index (χ0) is 21.0. The van der Waals surface area contributed by atoms with E-state index in [4.69, 9.17) is 14.6 Å². The molecule has 2 aromatic rings. The Bertz CT molecular complexity index is 940. The normalized spacial score (nSPS) is 10.2. The van der Waals surface area contributed by atoms with Crippen LogP contribution in [0.4, 0.5) is 5.69 Å². The highest BCUT2D eigenvalue weighted by Crippen LogP contribution is 2.34. The molecule has 0 aliphatic rings. The van der Waals surface area contributed by atoms with Crippen LogP contribution < -0.4 is 14.8 Å². The Hall–Kier alpha value is -3.62. The summed E-state index contributed by atoms with van der Waals surface area (Å²) in [6.45, 7) is 1.50. The summed E-state index contributed by atoms with van der Waals surface area (Å²) in [5.41, 5.74) is 0.640. The van der Waals surface area contributed by atoms with Crippen LogP contribution in [0.1, 0.15) is 36.9 Å². The molecule has 2 N–H and O–H groups in total. The fourth-order valence-electron chi connectivity index (χ4n) is 2.50. The summed E-state index contributed by atoms with van der Waals surface area (Å²) in [5.74, 6) is -1.40. The first-order valence-electron chi connectivity index (χ1n) is 8.19. The fourth-order valence-corrected chi connectivity index (χ4v) is 2.50. The fraction of sp³-hybridized carbons (Fsp3) is 0.263. The quantitative estimate of drug-likeness (QED) is 0.779. The van der Waals surface area contributed by atoms with Crippen molar-refractivity contribution >= 4 is 23.5 Å². The lowest BCUT2D eigenvalue weighted by Gasteiger charge is -2.18. The zero-order valence-electron chi connectivity index (χ0n) is 16.2. The molecule has 1 aromatic heterocycles. The van der Waals surface area contributed by atoms with Crippen molar-refractivity contribution in [3.63, 3.8) is 0 Å². The number of aryl methyl sites for hydroxylation is 1. The van der Waals surface area contributed by atoms with Crippen molar-refractivity contribution in [2.24, 2.45) is 0 Å². The lowest BCUT2D eigenvalue weighted by Crippen LogP contribution is -2.24. The van der Waals surface area contributed by atoms with Crippen LogP contribution in [0.3, 0.4) is 0 Å². The average molecular weight is 387 g/mol. The number of aromatic carboxylic acids is 1. The summed E-state index contributed by atoms with van der Waals surface area (Å²) in [4.78, 5) is 41.6. The van der Waals surface area contributed by atoms with Gasteiger partial charge in [0.2, 0.25) is 0 Å². The zero-order valence-corrected chi connectivity index (χ0v) is 16.2. The molecule has 0 aliphatic heterocycles. The number of amides is 2. The number of carbonyl (C=O) groups excluding carboxylic acids is 2. The molecule has 9 heteroatoms. The number of nitrogens with zero attached hydrogens (tertiary/aromatic N) is 2. The van der Waals surface area contributed by atoms with E-state index in [1.807, 2.05) is 0 Å². The lowest BCUT2D eigenvalue weighted by atomic mass is 10.1. The maximum absolute atomic E-state index is 12.6. The molecule has 0 unspecified atom stereocenters. The van der Waals surface area contributed by atoms with Crippen LogP contribution >= 0.6 is 0 Å². The van der Waals surface area contributed by atoms with Crippen molar-refractivity contribution in [3.05, 3.63) is 46.8 Å². The summed E-state index contributed by atoms with van der Waals surface area (Å²) in [5, 5.41) is 11.7. The van der Waals surface area contributed by atoms with Gasteiger partial charge in [-0.1, -0.05) is 0 Å². The van der Waals surface area contributed by atoms with Crippen LogP contribution in [0.25, 0.3) is 0 Å². The summed E-state index contributed by atoms with van der Waals surface area (Å²) < 4.78 is 10.5. The number of ether oxygens (including phenoxy) is 2. The monoisotopic (exact) mass is 387 g/mol. The number of benzene rings is 1. The lowest BCUT2D eigenvalue weighted by molar-refractivity contribution is 0.0694. The smallest absolute Gasteiger partial charge is 0.337 e. The molecular formula is C19H21N3O6. The highest BCUT2D eigenvalue weighted by atomic mass is 16.5. The van der Waals surface area contributed by atoms with Crippen LogP contribution in [0.2, 0.25) is 0 Å². The number of hydrogen-bond donors (Lipinski definition) is 2. The minimum atomic E-state index is -1.13. The molecule has 0 saturated heterocycles. The van der Waals surface area contributed by atoms with Gasteiger partial charge >= 0.3 is 5.97 Å². The van der Waals surface area contributed by atoms with Crippen molar-refractivity contribution in [1.29, 1.82) is 0 Å². The number of aromatic nitrogens is 1. The number of carboxylic acid groups (broad SMARTS) is 1. The van der Waals surface area contributed by atoms with E-state index in [1.54, 1.807) is 14.1 Å². The topological polar surface area (TPSA) is 118 Å². The number of nitrogens with one attached hydrogen (secondary N) is 1. The minimum Gasteiger partial charge on any atom is -0.493 e. The molecule has 1 heterocycles. The molecule has 0 spiro atoms. The molecule has 0 saturated carbocycles. The molecular weight excluding hydrogens is 366 g/mol. The SMILES string of the molecule is COc1cc(NC(=O)c2ccc(C(=O)O)c(C)n2)c(C(=O)N(C)C)cc1OC. The van der Waals surface area contributed by atoms with E-state index in [0.717, 1.165) is 0 Å². The molecule has 0 radical (unpaired) electrons. The molecule has 0 atom stereocenters. The van der Waals surface area contributed by atoms with Gasteiger partial charge in [-0.15, -0.1) is 0 Å². The van der Waals surface area contributed by atoms with Crippen molar-refractivity contribution in [1.82, 2.24) is 9.88 Å². The van der Waals surface area contributed by atoms with Crippen molar-refractivity contribution in [3.8, 4) is 11.5 Å². The van der Waals surface area contributed by atoms with Gasteiger partial charge in [0.15, 0.2) is 11.5 Å². The van der Waals surface area contributed by atoms with E-state index in [1.165, 1.54) is 50.3 Å². The number of methoxy groups -OCH3 is 2. The summed E-state index contributed by atoms with van der Waals surface area (Å²) in [6.07, 6.45) is 0. The first kappa shape index (κ1) is 20.7. The number of carboxylic acids is 1. The highest BCUT2D eigenvalue weighted by molar-refractivity contribution is 6.09. The van der Waals surface area contributed by atoms with Gasteiger partial charge in [-0.3, -0.25) is 9.59 Å². The minimum absolute atomic E-state index is 0.00569. The third kappa shape index (κ3) is 4.20.